The Morgan fingerprint density at radius 2 is 1.69 bits per heavy atom. The number of benzene rings is 2. The Bertz CT molecular complexity index is 980. The van der Waals surface area contributed by atoms with Gasteiger partial charge in [-0.3, -0.25) is 0 Å². The number of rotatable bonds is 4. The Balaban J connectivity index is 1.82. The van der Waals surface area contributed by atoms with Crippen molar-refractivity contribution in [2.75, 3.05) is 0 Å². The lowest BCUT2D eigenvalue weighted by Gasteiger charge is -2.08. The van der Waals surface area contributed by atoms with Gasteiger partial charge in [0.25, 0.3) is 0 Å². The summed E-state index contributed by atoms with van der Waals surface area (Å²) in [7, 11) is 0. The summed E-state index contributed by atoms with van der Waals surface area (Å²) in [6, 6.07) is 22.1. The zero-order valence-corrected chi connectivity index (χ0v) is 13.4. The Hall–Kier alpha value is -3.98. The van der Waals surface area contributed by atoms with Crippen LogP contribution in [-0.4, -0.2) is 16.9 Å². The van der Waals surface area contributed by atoms with E-state index < -0.39 is 11.9 Å². The van der Waals surface area contributed by atoms with Gasteiger partial charge in [-0.15, -0.1) is 0 Å². The van der Waals surface area contributed by atoms with E-state index in [2.05, 4.69) is 11.1 Å². The van der Waals surface area contributed by atoms with E-state index in [1.165, 1.54) is 18.2 Å². The fraction of sp³-hybridized carbons (Fsp3) is 0. The molecule has 1 radical (unpaired) electrons. The van der Waals surface area contributed by atoms with Crippen molar-refractivity contribution in [1.29, 1.82) is 5.26 Å². The molecule has 3 rings (SSSR count). The van der Waals surface area contributed by atoms with Crippen molar-refractivity contribution < 1.29 is 19.1 Å². The van der Waals surface area contributed by atoms with Gasteiger partial charge in [0.05, 0.1) is 11.1 Å². The molecule has 1 heterocycles. The van der Waals surface area contributed by atoms with Crippen LogP contribution in [0.4, 0.5) is 0 Å². The molecule has 0 fully saturated rings. The van der Waals surface area contributed by atoms with E-state index in [-0.39, 0.29) is 22.9 Å². The second-order valence-corrected chi connectivity index (χ2v) is 5.04. The predicted molar refractivity (Wildman–Crippen MR) is 90.6 cm³/mol. The molecule has 0 saturated carbocycles. The fourth-order valence-electron chi connectivity index (χ4n) is 2.03. The van der Waals surface area contributed by atoms with Crippen molar-refractivity contribution in [3.05, 3.63) is 89.5 Å². The van der Waals surface area contributed by atoms with Gasteiger partial charge < -0.3 is 9.47 Å². The third-order valence-electron chi connectivity index (χ3n) is 3.28. The van der Waals surface area contributed by atoms with Gasteiger partial charge in [0.2, 0.25) is 11.8 Å². The second-order valence-electron chi connectivity index (χ2n) is 5.04. The molecule has 0 bridgehead atoms. The molecule has 0 amide bonds. The first-order valence-electron chi connectivity index (χ1n) is 7.54. The summed E-state index contributed by atoms with van der Waals surface area (Å²) < 4.78 is 10.3. The number of hydrogen-bond donors (Lipinski definition) is 0. The van der Waals surface area contributed by atoms with Gasteiger partial charge in [0.1, 0.15) is 11.6 Å². The highest BCUT2D eigenvalue weighted by Gasteiger charge is 2.16. The largest absolute Gasteiger partial charge is 0.404 e. The van der Waals surface area contributed by atoms with Gasteiger partial charge in [0, 0.05) is 6.07 Å². The van der Waals surface area contributed by atoms with E-state index in [1.807, 2.05) is 6.07 Å². The summed E-state index contributed by atoms with van der Waals surface area (Å²) in [6.07, 6.45) is 0. The van der Waals surface area contributed by atoms with E-state index in [1.54, 1.807) is 48.5 Å². The number of pyridine rings is 1. The van der Waals surface area contributed by atoms with E-state index in [9.17, 15) is 9.59 Å². The summed E-state index contributed by atoms with van der Waals surface area (Å²) in [5.41, 5.74) is 0.565. The maximum Gasteiger partial charge on any atom is 0.345 e. The predicted octanol–water partition coefficient (Wildman–Crippen LogP) is 3.19. The third kappa shape index (κ3) is 3.91. The molecule has 125 valence electrons. The van der Waals surface area contributed by atoms with Crippen molar-refractivity contribution in [2.24, 2.45) is 0 Å². The average Bonchev–Trinajstić information content (AvgIpc) is 2.69. The van der Waals surface area contributed by atoms with Gasteiger partial charge in [-0.1, -0.05) is 36.4 Å². The minimum absolute atomic E-state index is 0.0359. The van der Waals surface area contributed by atoms with E-state index in [0.717, 1.165) is 0 Å². The molecule has 0 saturated heterocycles. The highest BCUT2D eigenvalue weighted by Crippen LogP contribution is 2.21. The van der Waals surface area contributed by atoms with Crippen LogP contribution in [-0.2, 0) is 0 Å². The molecule has 0 aliphatic heterocycles. The van der Waals surface area contributed by atoms with Crippen LogP contribution in [0.3, 0.4) is 0 Å². The minimum atomic E-state index is -0.721. The lowest BCUT2D eigenvalue weighted by molar-refractivity contribution is 0.0717. The average molecular weight is 343 g/mol. The molecule has 6 heteroatoms. The van der Waals surface area contributed by atoms with Crippen LogP contribution in [0.1, 0.15) is 26.3 Å². The Morgan fingerprint density at radius 1 is 0.923 bits per heavy atom. The molecule has 0 aliphatic carbocycles. The van der Waals surface area contributed by atoms with Crippen molar-refractivity contribution in [1.82, 2.24) is 4.98 Å². The van der Waals surface area contributed by atoms with Crippen LogP contribution in [0.25, 0.3) is 0 Å². The van der Waals surface area contributed by atoms with Crippen LogP contribution in [0.2, 0.25) is 0 Å². The van der Waals surface area contributed by atoms with Gasteiger partial charge >= 0.3 is 11.9 Å². The maximum absolute atomic E-state index is 12.1. The van der Waals surface area contributed by atoms with Crippen molar-refractivity contribution >= 4 is 11.9 Å². The summed E-state index contributed by atoms with van der Waals surface area (Å²) in [5, 5.41) is 9.16. The standard InChI is InChI=1S/C20H11N2O4/c21-13-16-11-12-17(25-19(23)14-7-3-1-4-8-14)22-18(16)26-20(24)15-9-5-2-6-10-15/h1-9,11-12H. The van der Waals surface area contributed by atoms with Crippen LogP contribution in [0.15, 0.2) is 66.7 Å². The Labute approximate surface area is 149 Å². The number of carbonyl (C=O) groups excluding carboxylic acids is 2. The number of aromatic nitrogens is 1. The van der Waals surface area contributed by atoms with Crippen LogP contribution < -0.4 is 9.47 Å². The molecular formula is C20H11N2O4. The Kier molecular flexibility index (Phi) is 5.01. The molecule has 0 spiro atoms. The molecule has 0 unspecified atom stereocenters. The Morgan fingerprint density at radius 3 is 2.38 bits per heavy atom. The summed E-state index contributed by atoms with van der Waals surface area (Å²) in [4.78, 5) is 28.2. The van der Waals surface area contributed by atoms with E-state index >= 15 is 0 Å². The molecule has 26 heavy (non-hydrogen) atoms. The second kappa shape index (κ2) is 7.73. The number of carbonyl (C=O) groups is 2. The van der Waals surface area contributed by atoms with Crippen molar-refractivity contribution in [3.63, 3.8) is 0 Å². The highest BCUT2D eigenvalue weighted by molar-refractivity contribution is 5.91. The quantitative estimate of drug-likeness (QED) is 0.676. The molecule has 3 aromatic rings. The van der Waals surface area contributed by atoms with Crippen molar-refractivity contribution in [2.45, 2.75) is 0 Å². The maximum atomic E-state index is 12.1. The first kappa shape index (κ1) is 16.9. The molecule has 6 nitrogen and oxygen atoms in total. The summed E-state index contributed by atoms with van der Waals surface area (Å²) >= 11 is 0. The van der Waals surface area contributed by atoms with Crippen LogP contribution >= 0.6 is 0 Å². The van der Waals surface area contributed by atoms with E-state index in [0.29, 0.717) is 5.56 Å². The molecule has 0 atom stereocenters. The number of hydrogen-bond acceptors (Lipinski definition) is 6. The zero-order chi connectivity index (χ0) is 18.4. The van der Waals surface area contributed by atoms with E-state index in [4.69, 9.17) is 14.7 Å². The fourth-order valence-corrected chi connectivity index (χ4v) is 2.03. The molecule has 0 aliphatic rings. The number of nitriles is 1. The summed E-state index contributed by atoms with van der Waals surface area (Å²) in [6.45, 7) is 0. The third-order valence-corrected chi connectivity index (χ3v) is 3.28. The number of esters is 2. The monoisotopic (exact) mass is 343 g/mol. The SMILES string of the molecule is N#Cc1ccc(OC(=O)c2ccccc2)nc1OC(=O)c1[c]cccc1. The van der Waals surface area contributed by atoms with Gasteiger partial charge in [-0.05, 0) is 30.3 Å². The van der Waals surface area contributed by atoms with Gasteiger partial charge in [-0.2, -0.15) is 10.2 Å². The molecule has 0 N–H and O–H groups in total. The van der Waals surface area contributed by atoms with Crippen molar-refractivity contribution in [3.8, 4) is 17.8 Å². The lowest BCUT2D eigenvalue weighted by Crippen LogP contribution is -2.13. The molecular weight excluding hydrogens is 332 g/mol. The van der Waals surface area contributed by atoms with Crippen LogP contribution in [0, 0.1) is 17.4 Å². The first-order valence-corrected chi connectivity index (χ1v) is 7.54. The highest BCUT2D eigenvalue weighted by atomic mass is 16.6. The first-order chi connectivity index (χ1) is 12.7. The number of nitrogens with zero attached hydrogens (tertiary/aromatic N) is 2. The van der Waals surface area contributed by atoms with Gasteiger partial charge in [0.15, 0.2) is 0 Å². The minimum Gasteiger partial charge on any atom is -0.404 e. The van der Waals surface area contributed by atoms with Crippen LogP contribution in [0.5, 0.6) is 11.8 Å². The topological polar surface area (TPSA) is 89.3 Å². The number of ether oxygens (including phenoxy) is 2. The van der Waals surface area contributed by atoms with Gasteiger partial charge in [-0.25, -0.2) is 9.59 Å². The zero-order valence-electron chi connectivity index (χ0n) is 13.4. The normalized spacial score (nSPS) is 9.81. The molecule has 1 aromatic heterocycles. The lowest BCUT2D eigenvalue weighted by atomic mass is 10.2. The summed E-state index contributed by atoms with van der Waals surface area (Å²) in [5.74, 6) is -1.66. The smallest absolute Gasteiger partial charge is 0.345 e. The molecule has 2 aromatic carbocycles.